The van der Waals surface area contributed by atoms with Gasteiger partial charge in [-0.1, -0.05) is 0 Å². The van der Waals surface area contributed by atoms with Gasteiger partial charge in [0.1, 0.15) is 0 Å². The van der Waals surface area contributed by atoms with E-state index >= 15 is 0 Å². The second kappa shape index (κ2) is 5.41. The molecule has 2 rings (SSSR count). The van der Waals surface area contributed by atoms with Gasteiger partial charge < -0.3 is 5.32 Å². The highest BCUT2D eigenvalue weighted by Gasteiger charge is 1.99. The largest absolute Gasteiger partial charge is 0.383 e. The fourth-order valence-corrected chi connectivity index (χ4v) is 2.48. The standard InChI is InChI=1S/C11H12BrN3S/c1-8-7-16-11(15-8)2-3-14-10-4-9(12)5-13-6-10/h4-7,14H,2-3H2,1H3. The molecule has 0 unspecified atom stereocenters. The van der Waals surface area contributed by atoms with Crippen LogP contribution in [0.15, 0.2) is 28.3 Å². The Balaban J connectivity index is 1.84. The van der Waals surface area contributed by atoms with Crippen LogP contribution in [0.3, 0.4) is 0 Å². The van der Waals surface area contributed by atoms with Gasteiger partial charge in [-0.2, -0.15) is 0 Å². The van der Waals surface area contributed by atoms with Gasteiger partial charge in [0, 0.05) is 34.7 Å². The number of rotatable bonds is 4. The second-order valence-corrected chi connectivity index (χ2v) is 5.31. The fourth-order valence-electron chi connectivity index (χ4n) is 1.34. The molecular formula is C11H12BrN3S. The first-order valence-corrected chi connectivity index (χ1v) is 6.67. The number of anilines is 1. The molecule has 84 valence electrons. The lowest BCUT2D eigenvalue weighted by molar-refractivity contribution is 0.985. The van der Waals surface area contributed by atoms with Crippen LogP contribution in [0.4, 0.5) is 5.69 Å². The van der Waals surface area contributed by atoms with Gasteiger partial charge in [-0.15, -0.1) is 11.3 Å². The Labute approximate surface area is 107 Å². The van der Waals surface area contributed by atoms with E-state index in [0.717, 1.165) is 28.8 Å². The van der Waals surface area contributed by atoms with Gasteiger partial charge in [0.05, 0.1) is 16.9 Å². The predicted molar refractivity (Wildman–Crippen MR) is 71.0 cm³/mol. The number of aryl methyl sites for hydroxylation is 1. The highest BCUT2D eigenvalue weighted by atomic mass is 79.9. The molecule has 0 atom stereocenters. The minimum absolute atomic E-state index is 0.880. The topological polar surface area (TPSA) is 37.8 Å². The molecule has 0 radical (unpaired) electrons. The lowest BCUT2D eigenvalue weighted by Gasteiger charge is -2.04. The molecule has 3 nitrogen and oxygen atoms in total. The zero-order valence-corrected chi connectivity index (χ0v) is 11.3. The van der Waals surface area contributed by atoms with Gasteiger partial charge >= 0.3 is 0 Å². The van der Waals surface area contributed by atoms with Gasteiger partial charge in [-0.3, -0.25) is 4.98 Å². The molecule has 0 aliphatic rings. The first-order chi connectivity index (χ1) is 7.74. The summed E-state index contributed by atoms with van der Waals surface area (Å²) in [6.07, 6.45) is 4.54. The van der Waals surface area contributed by atoms with Crippen LogP contribution in [-0.4, -0.2) is 16.5 Å². The van der Waals surface area contributed by atoms with E-state index in [1.807, 2.05) is 19.2 Å². The monoisotopic (exact) mass is 297 g/mol. The Morgan fingerprint density at radius 1 is 1.44 bits per heavy atom. The molecule has 0 fully saturated rings. The van der Waals surface area contributed by atoms with E-state index in [1.165, 1.54) is 5.01 Å². The Kier molecular flexibility index (Phi) is 3.90. The van der Waals surface area contributed by atoms with Crippen LogP contribution in [0.2, 0.25) is 0 Å². The van der Waals surface area contributed by atoms with Crippen molar-refractivity contribution in [1.29, 1.82) is 0 Å². The molecule has 1 N–H and O–H groups in total. The van der Waals surface area contributed by atoms with Crippen molar-refractivity contribution in [1.82, 2.24) is 9.97 Å². The molecule has 2 aromatic heterocycles. The van der Waals surface area contributed by atoms with Crippen molar-refractivity contribution in [3.63, 3.8) is 0 Å². The van der Waals surface area contributed by atoms with E-state index in [1.54, 1.807) is 17.5 Å². The summed E-state index contributed by atoms with van der Waals surface area (Å²) in [5.41, 5.74) is 2.13. The zero-order valence-electron chi connectivity index (χ0n) is 8.90. The van der Waals surface area contributed by atoms with E-state index in [0.29, 0.717) is 0 Å². The van der Waals surface area contributed by atoms with Crippen molar-refractivity contribution in [2.24, 2.45) is 0 Å². The molecule has 0 aromatic carbocycles. The number of hydrogen-bond acceptors (Lipinski definition) is 4. The number of pyridine rings is 1. The quantitative estimate of drug-likeness (QED) is 0.941. The third-order valence-corrected chi connectivity index (χ3v) is 3.50. The maximum Gasteiger partial charge on any atom is 0.0945 e. The van der Waals surface area contributed by atoms with Crippen molar-refractivity contribution >= 4 is 33.0 Å². The number of thiazole rings is 1. The maximum atomic E-state index is 4.41. The van der Waals surface area contributed by atoms with Crippen LogP contribution in [0, 0.1) is 6.92 Å². The highest BCUT2D eigenvalue weighted by Crippen LogP contribution is 2.14. The van der Waals surface area contributed by atoms with E-state index in [-0.39, 0.29) is 0 Å². The molecule has 0 saturated carbocycles. The SMILES string of the molecule is Cc1csc(CCNc2cncc(Br)c2)n1. The van der Waals surface area contributed by atoms with Gasteiger partial charge in [0.25, 0.3) is 0 Å². The molecule has 0 spiro atoms. The van der Waals surface area contributed by atoms with Crippen molar-refractivity contribution in [2.75, 3.05) is 11.9 Å². The average Bonchev–Trinajstić information content (AvgIpc) is 2.64. The Morgan fingerprint density at radius 3 is 3.00 bits per heavy atom. The molecule has 0 aliphatic carbocycles. The summed E-state index contributed by atoms with van der Waals surface area (Å²) >= 11 is 5.10. The van der Waals surface area contributed by atoms with E-state index in [9.17, 15) is 0 Å². The number of halogens is 1. The first kappa shape index (κ1) is 11.5. The van der Waals surface area contributed by atoms with Gasteiger partial charge in [-0.05, 0) is 28.9 Å². The van der Waals surface area contributed by atoms with Crippen LogP contribution in [0.1, 0.15) is 10.7 Å². The fraction of sp³-hybridized carbons (Fsp3) is 0.273. The molecule has 0 amide bonds. The van der Waals surface area contributed by atoms with Gasteiger partial charge in [0.15, 0.2) is 0 Å². The minimum Gasteiger partial charge on any atom is -0.383 e. The molecular weight excluding hydrogens is 286 g/mol. The van der Waals surface area contributed by atoms with Crippen molar-refractivity contribution in [3.8, 4) is 0 Å². The van der Waals surface area contributed by atoms with Crippen LogP contribution in [-0.2, 0) is 6.42 Å². The highest BCUT2D eigenvalue weighted by molar-refractivity contribution is 9.10. The molecule has 0 saturated heterocycles. The van der Waals surface area contributed by atoms with E-state index in [2.05, 4.69) is 36.6 Å². The Morgan fingerprint density at radius 2 is 2.31 bits per heavy atom. The third-order valence-electron chi connectivity index (χ3n) is 2.04. The zero-order chi connectivity index (χ0) is 11.4. The maximum absolute atomic E-state index is 4.41. The van der Waals surface area contributed by atoms with E-state index < -0.39 is 0 Å². The first-order valence-electron chi connectivity index (χ1n) is 4.99. The van der Waals surface area contributed by atoms with Crippen LogP contribution in [0.5, 0.6) is 0 Å². The van der Waals surface area contributed by atoms with Crippen LogP contribution < -0.4 is 5.32 Å². The summed E-state index contributed by atoms with van der Waals surface area (Å²) in [5.74, 6) is 0. The molecule has 2 heterocycles. The molecule has 5 heteroatoms. The lowest BCUT2D eigenvalue weighted by Crippen LogP contribution is -2.04. The normalized spacial score (nSPS) is 10.4. The third kappa shape index (κ3) is 3.28. The predicted octanol–water partition coefficient (Wildman–Crippen LogP) is 3.26. The number of aromatic nitrogens is 2. The van der Waals surface area contributed by atoms with Gasteiger partial charge in [0.2, 0.25) is 0 Å². The summed E-state index contributed by atoms with van der Waals surface area (Å²) in [6, 6.07) is 2.01. The van der Waals surface area contributed by atoms with Crippen LogP contribution >= 0.6 is 27.3 Å². The van der Waals surface area contributed by atoms with Gasteiger partial charge in [-0.25, -0.2) is 4.98 Å². The summed E-state index contributed by atoms with van der Waals surface area (Å²) < 4.78 is 0.989. The van der Waals surface area contributed by atoms with Crippen LogP contribution in [0.25, 0.3) is 0 Å². The average molecular weight is 298 g/mol. The molecule has 0 aliphatic heterocycles. The van der Waals surface area contributed by atoms with E-state index in [4.69, 9.17) is 0 Å². The smallest absolute Gasteiger partial charge is 0.0945 e. The number of nitrogens with zero attached hydrogens (tertiary/aromatic N) is 2. The summed E-state index contributed by atoms with van der Waals surface area (Å²) in [5, 5.41) is 6.57. The Bertz CT molecular complexity index is 470. The second-order valence-electron chi connectivity index (χ2n) is 3.45. The minimum atomic E-state index is 0.880. The molecule has 16 heavy (non-hydrogen) atoms. The van der Waals surface area contributed by atoms with Crippen molar-refractivity contribution in [2.45, 2.75) is 13.3 Å². The number of hydrogen-bond donors (Lipinski definition) is 1. The van der Waals surface area contributed by atoms with Crippen molar-refractivity contribution < 1.29 is 0 Å². The molecule has 2 aromatic rings. The Hall–Kier alpha value is -0.940. The van der Waals surface area contributed by atoms with Crippen molar-refractivity contribution in [3.05, 3.63) is 39.0 Å². The lowest BCUT2D eigenvalue weighted by atomic mass is 10.4. The number of nitrogens with one attached hydrogen (secondary N) is 1. The summed E-state index contributed by atoms with van der Waals surface area (Å²) in [7, 11) is 0. The summed E-state index contributed by atoms with van der Waals surface area (Å²) in [6.45, 7) is 2.90. The summed E-state index contributed by atoms with van der Waals surface area (Å²) in [4.78, 5) is 8.50. The molecule has 0 bridgehead atoms.